The molecule has 0 amide bonds. The van der Waals surface area contributed by atoms with E-state index in [0.29, 0.717) is 21.0 Å². The summed E-state index contributed by atoms with van der Waals surface area (Å²) in [6.07, 6.45) is 2.39. The molecular formula is C18H19NSe. The Balaban J connectivity index is 1.51. The molecule has 0 saturated carbocycles. The maximum atomic E-state index is 4.92. The summed E-state index contributed by atoms with van der Waals surface area (Å²) >= 11 is 0.668. The number of benzene rings is 2. The molecule has 2 aromatic carbocycles. The molecule has 1 aliphatic rings. The molecule has 3 rings (SSSR count). The van der Waals surface area contributed by atoms with Crippen molar-refractivity contribution in [3.05, 3.63) is 71.8 Å². The summed E-state index contributed by atoms with van der Waals surface area (Å²) < 4.78 is 0. The van der Waals surface area contributed by atoms with Gasteiger partial charge in [0.2, 0.25) is 0 Å². The van der Waals surface area contributed by atoms with Crippen molar-refractivity contribution in [1.29, 1.82) is 0 Å². The topological polar surface area (TPSA) is 12.4 Å². The van der Waals surface area contributed by atoms with Gasteiger partial charge in [-0.05, 0) is 0 Å². The first-order valence-corrected chi connectivity index (χ1v) is 9.58. The van der Waals surface area contributed by atoms with Crippen LogP contribution in [0.25, 0.3) is 0 Å². The molecule has 1 heterocycles. The average molecular weight is 328 g/mol. The van der Waals surface area contributed by atoms with E-state index in [1.54, 1.807) is 0 Å². The number of hydrogen-bond acceptors (Lipinski definition) is 1. The van der Waals surface area contributed by atoms with Crippen molar-refractivity contribution < 1.29 is 0 Å². The summed E-state index contributed by atoms with van der Waals surface area (Å²) in [7, 11) is 0. The van der Waals surface area contributed by atoms with Gasteiger partial charge in [-0.25, -0.2) is 0 Å². The van der Waals surface area contributed by atoms with Crippen LogP contribution in [-0.4, -0.2) is 26.7 Å². The molecule has 20 heavy (non-hydrogen) atoms. The summed E-state index contributed by atoms with van der Waals surface area (Å²) in [5.41, 5.74) is 4.09. The molecule has 0 saturated heterocycles. The number of nitrogens with zero attached hydrogens (tertiary/aromatic N) is 1. The average Bonchev–Trinajstić information content (AvgIpc) is 2.98. The zero-order chi connectivity index (χ0) is 13.6. The first-order valence-electron chi connectivity index (χ1n) is 7.15. The van der Waals surface area contributed by atoms with E-state index in [9.17, 15) is 0 Å². The van der Waals surface area contributed by atoms with Gasteiger partial charge in [0.15, 0.2) is 0 Å². The molecule has 0 spiro atoms. The van der Waals surface area contributed by atoms with Gasteiger partial charge in [-0.2, -0.15) is 0 Å². The Labute approximate surface area is 127 Å². The van der Waals surface area contributed by atoms with Gasteiger partial charge in [-0.3, -0.25) is 0 Å². The molecule has 2 aromatic rings. The van der Waals surface area contributed by atoms with Crippen molar-refractivity contribution in [3.63, 3.8) is 0 Å². The normalized spacial score (nSPS) is 18.0. The van der Waals surface area contributed by atoms with E-state index < -0.39 is 0 Å². The van der Waals surface area contributed by atoms with Gasteiger partial charge in [-0.15, -0.1) is 0 Å². The second-order valence-corrected chi connectivity index (χ2v) is 7.30. The third-order valence-electron chi connectivity index (χ3n) is 3.58. The molecule has 0 bridgehead atoms. The van der Waals surface area contributed by atoms with Crippen LogP contribution in [0, 0.1) is 0 Å². The molecule has 0 radical (unpaired) electrons. The Kier molecular flexibility index (Phi) is 4.68. The summed E-state index contributed by atoms with van der Waals surface area (Å²) in [6, 6.07) is 22.0. The van der Waals surface area contributed by atoms with Crippen LogP contribution in [0.4, 0.5) is 0 Å². The van der Waals surface area contributed by atoms with Crippen LogP contribution >= 0.6 is 0 Å². The van der Waals surface area contributed by atoms with Crippen molar-refractivity contribution in [1.82, 2.24) is 0 Å². The molecule has 1 unspecified atom stereocenters. The number of hydrogen-bond donors (Lipinski definition) is 0. The summed E-state index contributed by atoms with van der Waals surface area (Å²) in [5, 5.41) is 2.51. The van der Waals surface area contributed by atoms with Gasteiger partial charge < -0.3 is 0 Å². The van der Waals surface area contributed by atoms with E-state index >= 15 is 0 Å². The zero-order valence-electron chi connectivity index (χ0n) is 11.5. The molecule has 102 valence electrons. The zero-order valence-corrected chi connectivity index (χ0v) is 13.2. The third kappa shape index (κ3) is 3.59. The Morgan fingerprint density at radius 2 is 1.65 bits per heavy atom. The second kappa shape index (κ2) is 6.87. The summed E-state index contributed by atoms with van der Waals surface area (Å²) in [4.78, 5) is 4.92. The van der Waals surface area contributed by atoms with Crippen LogP contribution in [0.2, 0.25) is 5.32 Å². The molecule has 1 aliphatic heterocycles. The molecule has 2 heteroatoms. The minimum atomic E-state index is 0.564. The van der Waals surface area contributed by atoms with Gasteiger partial charge >= 0.3 is 127 Å². The van der Waals surface area contributed by atoms with Crippen molar-refractivity contribution in [2.75, 3.05) is 0 Å². The van der Waals surface area contributed by atoms with Crippen LogP contribution in [-0.2, 0) is 5.32 Å². The molecule has 0 fully saturated rings. The number of rotatable bonds is 5. The SMILES string of the molecule is c1ccc(C[Se]CC2CCC(c3ccccc3)=N2)cc1. The Bertz CT molecular complexity index is 562. The quantitative estimate of drug-likeness (QED) is 0.737. The Hall–Kier alpha value is -1.37. The van der Waals surface area contributed by atoms with Crippen molar-refractivity contribution in [2.24, 2.45) is 4.99 Å². The van der Waals surface area contributed by atoms with Gasteiger partial charge in [0.25, 0.3) is 0 Å². The molecule has 0 aromatic heterocycles. The first-order chi connectivity index (χ1) is 9.92. The predicted octanol–water partition coefficient (Wildman–Crippen LogP) is 3.96. The fourth-order valence-electron chi connectivity index (χ4n) is 2.51. The predicted molar refractivity (Wildman–Crippen MR) is 86.7 cm³/mol. The van der Waals surface area contributed by atoms with Crippen LogP contribution in [0.15, 0.2) is 65.7 Å². The summed E-state index contributed by atoms with van der Waals surface area (Å²) in [5.74, 6) is 0. The van der Waals surface area contributed by atoms with E-state index in [-0.39, 0.29) is 0 Å². The van der Waals surface area contributed by atoms with Gasteiger partial charge in [0.1, 0.15) is 0 Å². The van der Waals surface area contributed by atoms with Crippen molar-refractivity contribution >= 4 is 20.7 Å². The molecular weight excluding hydrogens is 309 g/mol. The van der Waals surface area contributed by atoms with E-state index in [4.69, 9.17) is 4.99 Å². The fourth-order valence-corrected chi connectivity index (χ4v) is 4.73. The van der Waals surface area contributed by atoms with Crippen LogP contribution < -0.4 is 0 Å². The molecule has 1 atom stereocenters. The van der Waals surface area contributed by atoms with Crippen LogP contribution in [0.1, 0.15) is 24.0 Å². The van der Waals surface area contributed by atoms with Crippen LogP contribution in [0.3, 0.4) is 0 Å². The van der Waals surface area contributed by atoms with E-state index in [1.165, 1.54) is 33.9 Å². The first kappa shape index (κ1) is 13.6. The van der Waals surface area contributed by atoms with Gasteiger partial charge in [0.05, 0.1) is 0 Å². The van der Waals surface area contributed by atoms with E-state index in [2.05, 4.69) is 60.7 Å². The van der Waals surface area contributed by atoms with E-state index in [1.807, 2.05) is 0 Å². The number of aliphatic imine (C=N–C) groups is 1. The van der Waals surface area contributed by atoms with E-state index in [0.717, 1.165) is 6.42 Å². The maximum absolute atomic E-state index is 4.92. The third-order valence-corrected chi connectivity index (χ3v) is 6.01. The molecule has 0 aliphatic carbocycles. The van der Waals surface area contributed by atoms with Gasteiger partial charge in [0, 0.05) is 0 Å². The minimum absolute atomic E-state index is 0.564. The van der Waals surface area contributed by atoms with Crippen molar-refractivity contribution in [2.45, 2.75) is 29.5 Å². The fraction of sp³-hybridized carbons (Fsp3) is 0.278. The molecule has 0 N–H and O–H groups in total. The molecule has 1 nitrogen and oxygen atoms in total. The Morgan fingerprint density at radius 3 is 2.40 bits per heavy atom. The summed E-state index contributed by atoms with van der Waals surface area (Å²) in [6.45, 7) is 0. The van der Waals surface area contributed by atoms with Crippen molar-refractivity contribution in [3.8, 4) is 0 Å². The second-order valence-electron chi connectivity index (χ2n) is 5.14. The standard InChI is InChI=1S/C18H19NSe/c1-3-7-15(8-4-1)13-20-14-17-11-12-18(19-17)16-9-5-2-6-10-16/h1-10,17H,11-14H2. The Morgan fingerprint density at radius 1 is 0.950 bits per heavy atom. The van der Waals surface area contributed by atoms with Crippen LogP contribution in [0.5, 0.6) is 0 Å². The monoisotopic (exact) mass is 329 g/mol. The van der Waals surface area contributed by atoms with Gasteiger partial charge in [-0.1, -0.05) is 0 Å².